The monoisotopic (exact) mass is 494 g/mol. The van der Waals surface area contributed by atoms with Crippen LogP contribution in [0.25, 0.3) is 17.0 Å². The summed E-state index contributed by atoms with van der Waals surface area (Å²) in [6.07, 6.45) is 0.972. The first-order valence-corrected chi connectivity index (χ1v) is 11.8. The minimum absolute atomic E-state index is 0.322. The molecule has 35 heavy (non-hydrogen) atoms. The van der Waals surface area contributed by atoms with Crippen molar-refractivity contribution in [3.8, 4) is 22.9 Å². The summed E-state index contributed by atoms with van der Waals surface area (Å²) in [5, 5.41) is 8.32. The smallest absolute Gasteiger partial charge is 0.258 e. The zero-order chi connectivity index (χ0) is 24.9. The largest absolute Gasteiger partial charge is 0.493 e. The first kappa shape index (κ1) is 24.7. The van der Waals surface area contributed by atoms with Crippen LogP contribution in [0.1, 0.15) is 36.9 Å². The first-order valence-electron chi connectivity index (χ1n) is 11.4. The van der Waals surface area contributed by atoms with Crippen molar-refractivity contribution in [3.05, 3.63) is 65.2 Å². The van der Waals surface area contributed by atoms with Crippen LogP contribution in [0.4, 0.5) is 0 Å². The van der Waals surface area contributed by atoms with Gasteiger partial charge in [-0.05, 0) is 48.8 Å². The summed E-state index contributed by atoms with van der Waals surface area (Å²) in [4.78, 5) is 6.76. The van der Waals surface area contributed by atoms with Crippen LogP contribution in [0.15, 0.2) is 52.7 Å². The van der Waals surface area contributed by atoms with Gasteiger partial charge in [0.1, 0.15) is 0 Å². The number of allylic oxidation sites excluding steroid dienone is 1. The molecular weight excluding hydrogens is 464 g/mol. The van der Waals surface area contributed by atoms with Gasteiger partial charge in [0.25, 0.3) is 5.89 Å². The molecule has 2 aromatic carbocycles. The van der Waals surface area contributed by atoms with Crippen molar-refractivity contribution in [2.24, 2.45) is 0 Å². The quantitative estimate of drug-likeness (QED) is 0.428. The molecule has 2 heterocycles. The fourth-order valence-corrected chi connectivity index (χ4v) is 4.48. The molecule has 1 atom stereocenters. The molecule has 0 spiro atoms. The summed E-state index contributed by atoms with van der Waals surface area (Å²) < 4.78 is 22.1. The summed E-state index contributed by atoms with van der Waals surface area (Å²) >= 11 is 5.72. The number of hydrogen-bond acceptors (Lipinski definition) is 7. The van der Waals surface area contributed by atoms with Crippen LogP contribution in [0.5, 0.6) is 11.5 Å². The number of hydrogen-bond donors (Lipinski definition) is 1. The summed E-state index contributed by atoms with van der Waals surface area (Å²) in [5.74, 6) is 2.23. The maximum atomic E-state index is 5.81. The van der Waals surface area contributed by atoms with Crippen LogP contribution in [0.2, 0.25) is 0 Å². The fraction of sp³-hybridized carbons (Fsp3) is 0.346. The van der Waals surface area contributed by atoms with E-state index in [1.165, 1.54) is 5.56 Å². The van der Waals surface area contributed by atoms with E-state index in [0.29, 0.717) is 41.5 Å². The SMILES string of the molecule is CCc1ccc(-c2noc(C3=C(C)N(CCOC)C(=S)NC3c3ccc(OC)c(OC)c3)n2)cc1. The Bertz CT molecular complexity index is 1220. The molecule has 0 radical (unpaired) electrons. The highest BCUT2D eigenvalue weighted by Crippen LogP contribution is 2.40. The lowest BCUT2D eigenvalue weighted by molar-refractivity contribution is 0.183. The van der Waals surface area contributed by atoms with Gasteiger partial charge >= 0.3 is 0 Å². The van der Waals surface area contributed by atoms with Gasteiger partial charge in [0.15, 0.2) is 16.6 Å². The highest BCUT2D eigenvalue weighted by Gasteiger charge is 2.34. The first-order chi connectivity index (χ1) is 17.0. The Balaban J connectivity index is 1.79. The van der Waals surface area contributed by atoms with Crippen molar-refractivity contribution >= 4 is 22.9 Å². The molecule has 0 bridgehead atoms. The second-order valence-corrected chi connectivity index (χ2v) is 8.50. The zero-order valence-electron chi connectivity index (χ0n) is 20.6. The van der Waals surface area contributed by atoms with Gasteiger partial charge < -0.3 is 29.0 Å². The van der Waals surface area contributed by atoms with Crippen molar-refractivity contribution in [3.63, 3.8) is 0 Å². The molecule has 1 unspecified atom stereocenters. The van der Waals surface area contributed by atoms with Crippen molar-refractivity contribution in [1.82, 2.24) is 20.4 Å². The van der Waals surface area contributed by atoms with Crippen LogP contribution >= 0.6 is 12.2 Å². The number of ether oxygens (including phenoxy) is 3. The number of nitrogens with one attached hydrogen (secondary N) is 1. The van der Waals surface area contributed by atoms with Crippen molar-refractivity contribution in [1.29, 1.82) is 0 Å². The molecule has 4 rings (SSSR count). The molecule has 0 aliphatic carbocycles. The normalized spacial score (nSPS) is 15.9. The van der Waals surface area contributed by atoms with Crippen LogP contribution in [0, 0.1) is 0 Å². The van der Waals surface area contributed by atoms with Crippen molar-refractivity contribution < 1.29 is 18.7 Å². The van der Waals surface area contributed by atoms with E-state index in [4.69, 9.17) is 35.9 Å². The second-order valence-electron chi connectivity index (χ2n) is 8.11. The molecule has 8 nitrogen and oxygen atoms in total. The lowest BCUT2D eigenvalue weighted by Gasteiger charge is -2.37. The molecule has 1 aliphatic heterocycles. The van der Waals surface area contributed by atoms with Crippen LogP contribution in [-0.2, 0) is 11.2 Å². The third-order valence-corrected chi connectivity index (χ3v) is 6.47. The predicted molar refractivity (Wildman–Crippen MR) is 138 cm³/mol. The summed E-state index contributed by atoms with van der Waals surface area (Å²) in [7, 11) is 4.89. The Kier molecular flexibility index (Phi) is 7.67. The molecular formula is C26H30N4O4S. The number of nitrogens with zero attached hydrogens (tertiary/aromatic N) is 3. The Morgan fingerprint density at radius 1 is 1.06 bits per heavy atom. The minimum Gasteiger partial charge on any atom is -0.493 e. The zero-order valence-corrected chi connectivity index (χ0v) is 21.4. The van der Waals surface area contributed by atoms with E-state index in [-0.39, 0.29) is 6.04 Å². The molecule has 184 valence electrons. The maximum Gasteiger partial charge on any atom is 0.258 e. The highest BCUT2D eigenvalue weighted by atomic mass is 32.1. The Morgan fingerprint density at radius 3 is 2.46 bits per heavy atom. The van der Waals surface area contributed by atoms with Gasteiger partial charge in [-0.2, -0.15) is 4.98 Å². The summed E-state index contributed by atoms with van der Waals surface area (Å²) in [6.45, 7) is 5.24. The maximum absolute atomic E-state index is 5.81. The topological polar surface area (TPSA) is 81.9 Å². The fourth-order valence-electron chi connectivity index (χ4n) is 4.13. The number of aromatic nitrogens is 2. The molecule has 0 fully saturated rings. The molecule has 1 N–H and O–H groups in total. The third-order valence-electron chi connectivity index (χ3n) is 6.13. The third kappa shape index (κ3) is 5.01. The van der Waals surface area contributed by atoms with Crippen LogP contribution in [-0.4, -0.2) is 54.6 Å². The number of benzene rings is 2. The van der Waals surface area contributed by atoms with E-state index in [0.717, 1.165) is 28.8 Å². The standard InChI is InChI=1S/C26H30N4O4S/c1-6-17-7-9-18(10-8-17)24-28-25(34-29-24)22-16(2)30(13-14-31-3)26(35)27-23(22)19-11-12-20(32-4)21(15-19)33-5/h7-12,15,23H,6,13-14H2,1-5H3,(H,27,35). The average molecular weight is 495 g/mol. The molecule has 3 aromatic rings. The average Bonchev–Trinajstić information content (AvgIpc) is 3.37. The van der Waals surface area contributed by atoms with Gasteiger partial charge in [0.2, 0.25) is 5.82 Å². The lowest BCUT2D eigenvalue weighted by atomic mass is 9.94. The minimum atomic E-state index is -0.322. The van der Waals surface area contributed by atoms with E-state index in [9.17, 15) is 0 Å². The number of rotatable bonds is 9. The van der Waals surface area contributed by atoms with Gasteiger partial charge in [-0.1, -0.05) is 42.4 Å². The van der Waals surface area contributed by atoms with E-state index in [2.05, 4.69) is 29.5 Å². The number of thiocarbonyl (C=S) groups is 1. The van der Waals surface area contributed by atoms with E-state index >= 15 is 0 Å². The number of aryl methyl sites for hydroxylation is 1. The highest BCUT2D eigenvalue weighted by molar-refractivity contribution is 7.80. The van der Waals surface area contributed by atoms with Gasteiger partial charge in [-0.15, -0.1) is 0 Å². The van der Waals surface area contributed by atoms with Crippen molar-refractivity contribution in [2.45, 2.75) is 26.3 Å². The predicted octanol–water partition coefficient (Wildman–Crippen LogP) is 4.63. The molecule has 1 aromatic heterocycles. The number of methoxy groups -OCH3 is 3. The summed E-state index contributed by atoms with van der Waals surface area (Å²) in [5.41, 5.74) is 4.84. The van der Waals surface area contributed by atoms with E-state index < -0.39 is 0 Å². The van der Waals surface area contributed by atoms with Gasteiger partial charge in [-0.3, -0.25) is 0 Å². The van der Waals surface area contributed by atoms with Gasteiger partial charge in [-0.25, -0.2) is 0 Å². The Hall–Kier alpha value is -3.43. The van der Waals surface area contributed by atoms with Gasteiger partial charge in [0, 0.05) is 24.9 Å². The Labute approximate surface area is 210 Å². The molecule has 0 saturated heterocycles. The Morgan fingerprint density at radius 2 is 1.80 bits per heavy atom. The summed E-state index contributed by atoms with van der Waals surface area (Å²) in [6, 6.07) is 13.6. The van der Waals surface area contributed by atoms with Gasteiger partial charge in [0.05, 0.1) is 32.4 Å². The van der Waals surface area contributed by atoms with Crippen LogP contribution < -0.4 is 14.8 Å². The van der Waals surface area contributed by atoms with Crippen LogP contribution in [0.3, 0.4) is 0 Å². The molecule has 0 saturated carbocycles. The van der Waals surface area contributed by atoms with E-state index in [1.807, 2.05) is 42.2 Å². The molecule has 1 aliphatic rings. The molecule has 9 heteroatoms. The second kappa shape index (κ2) is 10.9. The lowest BCUT2D eigenvalue weighted by Crippen LogP contribution is -2.47. The molecule has 0 amide bonds. The van der Waals surface area contributed by atoms with E-state index in [1.54, 1.807) is 21.3 Å². The van der Waals surface area contributed by atoms with Crippen molar-refractivity contribution in [2.75, 3.05) is 34.5 Å².